The van der Waals surface area contributed by atoms with E-state index in [9.17, 15) is 41.3 Å². The molecule has 32 heavy (non-hydrogen) atoms. The van der Waals surface area contributed by atoms with Crippen LogP contribution in [0.4, 0.5) is 24.5 Å². The van der Waals surface area contributed by atoms with Crippen LogP contribution < -0.4 is 10.0 Å². The van der Waals surface area contributed by atoms with Crippen LogP contribution in [-0.4, -0.2) is 38.4 Å². The number of ether oxygens (including phenoxy) is 1. The Morgan fingerprint density at radius 2 is 1.75 bits per heavy atom. The molecule has 14 heteroatoms. The predicted molar refractivity (Wildman–Crippen MR) is 104 cm³/mol. The molecule has 1 amide bonds. The number of nitrogens with one attached hydrogen (secondary N) is 2. The maximum absolute atomic E-state index is 12.7. The average Bonchev–Trinajstić information content (AvgIpc) is 2.70. The minimum absolute atomic E-state index is 0.0942. The van der Waals surface area contributed by atoms with Gasteiger partial charge >= 0.3 is 12.1 Å². The van der Waals surface area contributed by atoms with Crippen molar-refractivity contribution in [3.05, 3.63) is 63.7 Å². The number of carbonyl (C=O) groups excluding carboxylic acids is 2. The highest BCUT2D eigenvalue weighted by Gasteiger charge is 2.33. The van der Waals surface area contributed by atoms with E-state index in [0.717, 1.165) is 5.56 Å². The summed E-state index contributed by atoms with van der Waals surface area (Å²) in [5.74, 6) is -2.21. The molecule has 0 unspecified atom stereocenters. The van der Waals surface area contributed by atoms with Crippen molar-refractivity contribution < 1.29 is 40.8 Å². The number of nitro benzene ring substituents is 1. The van der Waals surface area contributed by atoms with Gasteiger partial charge in [0.2, 0.25) is 10.0 Å². The molecule has 2 aromatic rings. The molecule has 0 radical (unpaired) electrons. The number of aryl methyl sites for hydroxylation is 1. The fourth-order valence-electron chi connectivity index (χ4n) is 2.30. The lowest BCUT2D eigenvalue weighted by Crippen LogP contribution is -2.32. The molecule has 0 aliphatic rings. The molecule has 10 nitrogen and oxygen atoms in total. The molecule has 0 saturated heterocycles. The Kier molecular flexibility index (Phi) is 7.53. The van der Waals surface area contributed by atoms with Gasteiger partial charge in [0.1, 0.15) is 12.2 Å². The molecule has 0 aliphatic heterocycles. The summed E-state index contributed by atoms with van der Waals surface area (Å²) in [4.78, 5) is 33.3. The Hall–Kier alpha value is -3.52. The SMILES string of the molecule is Cc1ccc(S(=O)(=O)NCC(=O)OCC(=O)Nc2ccc(C(F)(F)F)cc2[N+](=O)[O-])cc1. The molecule has 2 N–H and O–H groups in total. The van der Waals surface area contributed by atoms with E-state index < -0.39 is 63.1 Å². The van der Waals surface area contributed by atoms with Gasteiger partial charge in [0.25, 0.3) is 11.6 Å². The quantitative estimate of drug-likeness (QED) is 0.339. The topological polar surface area (TPSA) is 145 Å². The summed E-state index contributed by atoms with van der Waals surface area (Å²) in [6.07, 6.45) is -4.82. The van der Waals surface area contributed by atoms with Crippen molar-refractivity contribution >= 4 is 33.3 Å². The van der Waals surface area contributed by atoms with Crippen molar-refractivity contribution in [2.45, 2.75) is 18.0 Å². The van der Waals surface area contributed by atoms with E-state index in [0.29, 0.717) is 12.1 Å². The smallest absolute Gasteiger partial charge is 0.416 e. The largest absolute Gasteiger partial charge is 0.455 e. The molecule has 0 heterocycles. The standard InChI is InChI=1S/C18H16F3N3O7S/c1-11-2-5-13(6-3-11)32(29,30)22-9-17(26)31-10-16(25)23-14-7-4-12(18(19,20)21)8-15(14)24(27)28/h2-8,22H,9-10H2,1H3,(H,23,25). The molecule has 0 atom stereocenters. The van der Waals surface area contributed by atoms with Crippen molar-refractivity contribution in [1.82, 2.24) is 4.72 Å². The Balaban J connectivity index is 1.93. The number of halogens is 3. The second kappa shape index (κ2) is 9.74. The Morgan fingerprint density at radius 3 is 2.31 bits per heavy atom. The van der Waals surface area contributed by atoms with Gasteiger partial charge in [0, 0.05) is 6.07 Å². The summed E-state index contributed by atoms with van der Waals surface area (Å²) in [5.41, 5.74) is -2.01. The van der Waals surface area contributed by atoms with E-state index in [4.69, 9.17) is 0 Å². The number of hydrogen-bond acceptors (Lipinski definition) is 7. The van der Waals surface area contributed by atoms with Gasteiger partial charge in [0.15, 0.2) is 6.61 Å². The van der Waals surface area contributed by atoms with E-state index in [1.54, 1.807) is 19.1 Å². The van der Waals surface area contributed by atoms with Gasteiger partial charge in [-0.2, -0.15) is 17.9 Å². The maximum Gasteiger partial charge on any atom is 0.416 e. The first-order valence-electron chi connectivity index (χ1n) is 8.67. The van der Waals surface area contributed by atoms with Crippen LogP contribution in [-0.2, 0) is 30.5 Å². The molecule has 0 aliphatic carbocycles. The third kappa shape index (κ3) is 6.75. The van der Waals surface area contributed by atoms with Crippen molar-refractivity contribution in [2.75, 3.05) is 18.5 Å². The van der Waals surface area contributed by atoms with Crippen molar-refractivity contribution in [2.24, 2.45) is 0 Å². The van der Waals surface area contributed by atoms with Crippen molar-refractivity contribution in [1.29, 1.82) is 0 Å². The molecular formula is C18H16F3N3O7S. The normalized spacial score (nSPS) is 11.6. The second-order valence-electron chi connectivity index (χ2n) is 6.33. The fourth-order valence-corrected chi connectivity index (χ4v) is 3.27. The lowest BCUT2D eigenvalue weighted by atomic mass is 10.1. The molecular weight excluding hydrogens is 459 g/mol. The van der Waals surface area contributed by atoms with Gasteiger partial charge in [-0.25, -0.2) is 8.42 Å². The number of rotatable bonds is 8. The number of hydrogen-bond donors (Lipinski definition) is 2. The molecule has 0 aromatic heterocycles. The van der Waals surface area contributed by atoms with Crippen molar-refractivity contribution in [3.8, 4) is 0 Å². The summed E-state index contributed by atoms with van der Waals surface area (Å²) in [6.45, 7) is -0.00127. The van der Waals surface area contributed by atoms with Crippen LogP contribution in [0.25, 0.3) is 0 Å². The summed E-state index contributed by atoms with van der Waals surface area (Å²) in [6, 6.07) is 7.24. The maximum atomic E-state index is 12.7. The van der Waals surface area contributed by atoms with Crippen LogP contribution in [0.3, 0.4) is 0 Å². The third-order valence-corrected chi connectivity index (χ3v) is 5.32. The lowest BCUT2D eigenvalue weighted by Gasteiger charge is -2.10. The van der Waals surface area contributed by atoms with Gasteiger partial charge < -0.3 is 10.1 Å². The summed E-state index contributed by atoms with van der Waals surface area (Å²) in [7, 11) is -4.01. The van der Waals surface area contributed by atoms with Gasteiger partial charge in [-0.15, -0.1) is 0 Å². The van der Waals surface area contributed by atoms with Crippen LogP contribution in [0.1, 0.15) is 11.1 Å². The number of benzene rings is 2. The lowest BCUT2D eigenvalue weighted by molar-refractivity contribution is -0.384. The minimum atomic E-state index is -4.82. The molecule has 0 spiro atoms. The first kappa shape index (κ1) is 24.7. The van der Waals surface area contributed by atoms with Gasteiger partial charge in [-0.05, 0) is 31.2 Å². The zero-order valence-electron chi connectivity index (χ0n) is 16.3. The van der Waals surface area contributed by atoms with Crippen LogP contribution in [0, 0.1) is 17.0 Å². The fraction of sp³-hybridized carbons (Fsp3) is 0.222. The predicted octanol–water partition coefficient (Wildman–Crippen LogP) is 2.38. The first-order chi connectivity index (χ1) is 14.8. The number of esters is 1. The number of anilines is 1. The van der Waals surface area contributed by atoms with Gasteiger partial charge in [-0.1, -0.05) is 17.7 Å². The molecule has 0 saturated carbocycles. The summed E-state index contributed by atoms with van der Waals surface area (Å²) >= 11 is 0. The average molecular weight is 475 g/mol. The van der Waals surface area contributed by atoms with Crippen LogP contribution in [0.5, 0.6) is 0 Å². The molecule has 172 valence electrons. The first-order valence-corrected chi connectivity index (χ1v) is 10.2. The number of carbonyl (C=O) groups is 2. The minimum Gasteiger partial charge on any atom is -0.455 e. The van der Waals surface area contributed by atoms with Crippen LogP contribution in [0.2, 0.25) is 0 Å². The van der Waals surface area contributed by atoms with E-state index in [1.165, 1.54) is 12.1 Å². The summed E-state index contributed by atoms with van der Waals surface area (Å²) < 4.78 is 68.8. The van der Waals surface area contributed by atoms with Gasteiger partial charge in [-0.3, -0.25) is 19.7 Å². The van der Waals surface area contributed by atoms with Crippen LogP contribution in [0.15, 0.2) is 47.4 Å². The van der Waals surface area contributed by atoms with Gasteiger partial charge in [0.05, 0.1) is 15.4 Å². The highest BCUT2D eigenvalue weighted by molar-refractivity contribution is 7.89. The monoisotopic (exact) mass is 475 g/mol. The molecule has 0 bridgehead atoms. The number of sulfonamides is 1. The number of alkyl halides is 3. The van der Waals surface area contributed by atoms with Crippen molar-refractivity contribution in [3.63, 3.8) is 0 Å². The number of amides is 1. The second-order valence-corrected chi connectivity index (χ2v) is 8.10. The number of nitro groups is 1. The van der Waals surface area contributed by atoms with Crippen LogP contribution >= 0.6 is 0 Å². The number of nitrogens with zero attached hydrogens (tertiary/aromatic N) is 1. The van der Waals surface area contributed by atoms with E-state index in [2.05, 4.69) is 4.74 Å². The highest BCUT2D eigenvalue weighted by Crippen LogP contribution is 2.34. The Labute approximate surface area is 179 Å². The third-order valence-electron chi connectivity index (χ3n) is 3.90. The highest BCUT2D eigenvalue weighted by atomic mass is 32.2. The van der Waals surface area contributed by atoms with E-state index in [-0.39, 0.29) is 11.0 Å². The molecule has 2 aromatic carbocycles. The Morgan fingerprint density at radius 1 is 1.12 bits per heavy atom. The summed E-state index contributed by atoms with van der Waals surface area (Å²) in [5, 5.41) is 13.0. The molecule has 2 rings (SSSR count). The van der Waals surface area contributed by atoms with E-state index in [1.807, 2.05) is 10.0 Å². The van der Waals surface area contributed by atoms with E-state index >= 15 is 0 Å². The molecule has 0 fully saturated rings. The zero-order valence-corrected chi connectivity index (χ0v) is 17.1. The Bertz CT molecular complexity index is 1130. The zero-order chi connectivity index (χ0) is 24.1.